The molecule has 1 aliphatic carbocycles. The summed E-state index contributed by atoms with van der Waals surface area (Å²) in [6.07, 6.45) is 4.15. The van der Waals surface area contributed by atoms with Crippen LogP contribution in [-0.2, 0) is 12.8 Å². The molecular weight excluding hydrogens is 182 g/mol. The van der Waals surface area contributed by atoms with Crippen LogP contribution in [-0.4, -0.2) is 18.2 Å². The van der Waals surface area contributed by atoms with Crippen LogP contribution >= 0.6 is 0 Å². The quantitative estimate of drug-likeness (QED) is 0.709. The van der Waals surface area contributed by atoms with E-state index < -0.39 is 0 Å². The lowest BCUT2D eigenvalue weighted by Gasteiger charge is -2.09. The van der Waals surface area contributed by atoms with E-state index in [0.717, 1.165) is 37.0 Å². The lowest BCUT2D eigenvalue weighted by molar-refractivity contribution is 0.253. The number of hydrogen-bond acceptors (Lipinski definition) is 3. The first kappa shape index (κ1) is 9.05. The highest BCUT2D eigenvalue weighted by atomic mass is 16.5. The average molecular weight is 195 g/mol. The molecule has 0 aromatic carbocycles. The second-order valence-electron chi connectivity index (χ2n) is 3.34. The van der Waals surface area contributed by atoms with E-state index in [1.165, 1.54) is 0 Å². The molecular formula is C9H13N3O2. The SMILES string of the molecule is CNC(=O)Nc1noc2c1CCCC2. The zero-order valence-electron chi connectivity index (χ0n) is 8.09. The van der Waals surface area contributed by atoms with Crippen molar-refractivity contribution < 1.29 is 9.32 Å². The Labute approximate surface area is 81.8 Å². The van der Waals surface area contributed by atoms with Gasteiger partial charge in [0.25, 0.3) is 0 Å². The molecule has 0 radical (unpaired) electrons. The molecule has 0 saturated carbocycles. The molecule has 1 heterocycles. The van der Waals surface area contributed by atoms with Crippen molar-refractivity contribution in [3.63, 3.8) is 0 Å². The van der Waals surface area contributed by atoms with E-state index in [-0.39, 0.29) is 6.03 Å². The Morgan fingerprint density at radius 1 is 1.43 bits per heavy atom. The Hall–Kier alpha value is -1.52. The van der Waals surface area contributed by atoms with Gasteiger partial charge in [-0.2, -0.15) is 0 Å². The van der Waals surface area contributed by atoms with Crippen LogP contribution in [0.15, 0.2) is 4.52 Å². The largest absolute Gasteiger partial charge is 0.359 e. The molecule has 0 atom stereocenters. The lowest BCUT2D eigenvalue weighted by atomic mass is 9.98. The molecule has 14 heavy (non-hydrogen) atoms. The number of anilines is 1. The van der Waals surface area contributed by atoms with Crippen LogP contribution in [0.2, 0.25) is 0 Å². The summed E-state index contributed by atoms with van der Waals surface area (Å²) in [7, 11) is 1.57. The van der Waals surface area contributed by atoms with Crippen molar-refractivity contribution in [2.75, 3.05) is 12.4 Å². The smallest absolute Gasteiger partial charge is 0.320 e. The highest BCUT2D eigenvalue weighted by Crippen LogP contribution is 2.27. The van der Waals surface area contributed by atoms with Crippen LogP contribution in [0.4, 0.5) is 10.6 Å². The molecule has 1 aromatic heterocycles. The van der Waals surface area contributed by atoms with Gasteiger partial charge in [-0.05, 0) is 19.3 Å². The third kappa shape index (κ3) is 1.57. The summed E-state index contributed by atoms with van der Waals surface area (Å²) in [4.78, 5) is 11.1. The number of rotatable bonds is 1. The van der Waals surface area contributed by atoms with Crippen LogP contribution in [0.25, 0.3) is 0 Å². The zero-order chi connectivity index (χ0) is 9.97. The Kier molecular flexibility index (Phi) is 2.39. The monoisotopic (exact) mass is 195 g/mol. The molecule has 76 valence electrons. The van der Waals surface area contributed by atoms with Gasteiger partial charge in [-0.25, -0.2) is 4.79 Å². The Morgan fingerprint density at radius 3 is 3.00 bits per heavy atom. The van der Waals surface area contributed by atoms with Gasteiger partial charge >= 0.3 is 6.03 Å². The molecule has 2 amide bonds. The van der Waals surface area contributed by atoms with Gasteiger partial charge in [0.15, 0.2) is 5.82 Å². The number of aromatic nitrogens is 1. The van der Waals surface area contributed by atoms with E-state index in [1.807, 2.05) is 0 Å². The number of aryl methyl sites for hydroxylation is 1. The van der Waals surface area contributed by atoms with E-state index in [2.05, 4.69) is 15.8 Å². The van der Waals surface area contributed by atoms with Gasteiger partial charge in [-0.3, -0.25) is 5.32 Å². The number of amides is 2. The number of urea groups is 1. The molecule has 5 nitrogen and oxygen atoms in total. The maximum atomic E-state index is 11.1. The van der Waals surface area contributed by atoms with Gasteiger partial charge in [-0.15, -0.1) is 0 Å². The fourth-order valence-electron chi connectivity index (χ4n) is 1.65. The van der Waals surface area contributed by atoms with E-state index >= 15 is 0 Å². The molecule has 0 saturated heterocycles. The summed E-state index contributed by atoms with van der Waals surface area (Å²) in [6, 6.07) is -0.258. The van der Waals surface area contributed by atoms with Crippen molar-refractivity contribution in [3.8, 4) is 0 Å². The predicted octanol–water partition coefficient (Wildman–Crippen LogP) is 1.30. The molecule has 1 aliphatic rings. The summed E-state index contributed by atoms with van der Waals surface area (Å²) in [6.45, 7) is 0. The number of carbonyl (C=O) groups excluding carboxylic acids is 1. The lowest BCUT2D eigenvalue weighted by Crippen LogP contribution is -2.25. The molecule has 0 fully saturated rings. The van der Waals surface area contributed by atoms with Crippen molar-refractivity contribution in [2.24, 2.45) is 0 Å². The third-order valence-electron chi connectivity index (χ3n) is 2.41. The standard InChI is InChI=1S/C9H13N3O2/c1-10-9(13)11-8-6-4-2-3-5-7(6)14-12-8/h2-5H2,1H3,(H2,10,11,12,13). The molecule has 0 spiro atoms. The number of hydrogen-bond donors (Lipinski definition) is 2. The first-order valence-electron chi connectivity index (χ1n) is 4.77. The topological polar surface area (TPSA) is 67.2 Å². The van der Waals surface area contributed by atoms with Crippen molar-refractivity contribution in [1.29, 1.82) is 0 Å². The second-order valence-corrected chi connectivity index (χ2v) is 3.34. The van der Waals surface area contributed by atoms with Crippen molar-refractivity contribution in [2.45, 2.75) is 25.7 Å². The van der Waals surface area contributed by atoms with Gasteiger partial charge in [0.2, 0.25) is 0 Å². The maximum Gasteiger partial charge on any atom is 0.320 e. The van der Waals surface area contributed by atoms with E-state index in [0.29, 0.717) is 5.82 Å². The molecule has 0 unspecified atom stereocenters. The Morgan fingerprint density at radius 2 is 2.21 bits per heavy atom. The minimum absolute atomic E-state index is 0.258. The minimum Gasteiger partial charge on any atom is -0.359 e. The number of nitrogens with one attached hydrogen (secondary N) is 2. The number of fused-ring (bicyclic) bond motifs is 1. The molecule has 5 heteroatoms. The van der Waals surface area contributed by atoms with E-state index in [9.17, 15) is 4.79 Å². The van der Waals surface area contributed by atoms with Crippen molar-refractivity contribution >= 4 is 11.8 Å². The highest BCUT2D eigenvalue weighted by Gasteiger charge is 2.20. The van der Waals surface area contributed by atoms with Gasteiger partial charge in [0.1, 0.15) is 5.76 Å². The van der Waals surface area contributed by atoms with Crippen molar-refractivity contribution in [3.05, 3.63) is 11.3 Å². The van der Waals surface area contributed by atoms with E-state index in [1.54, 1.807) is 7.05 Å². The first-order valence-corrected chi connectivity index (χ1v) is 4.77. The average Bonchev–Trinajstić information content (AvgIpc) is 2.62. The fraction of sp³-hybridized carbons (Fsp3) is 0.556. The molecule has 0 bridgehead atoms. The Bertz CT molecular complexity index is 346. The highest BCUT2D eigenvalue weighted by molar-refractivity contribution is 5.88. The molecule has 2 rings (SSSR count). The van der Waals surface area contributed by atoms with Crippen LogP contribution < -0.4 is 10.6 Å². The van der Waals surface area contributed by atoms with Gasteiger partial charge in [0, 0.05) is 19.0 Å². The number of nitrogens with zero attached hydrogens (tertiary/aromatic N) is 1. The summed E-state index contributed by atoms with van der Waals surface area (Å²) >= 11 is 0. The maximum absolute atomic E-state index is 11.1. The summed E-state index contributed by atoms with van der Waals surface area (Å²) < 4.78 is 5.14. The summed E-state index contributed by atoms with van der Waals surface area (Å²) in [5.41, 5.74) is 1.06. The van der Waals surface area contributed by atoms with Crippen LogP contribution in [0.1, 0.15) is 24.2 Å². The Balaban J connectivity index is 2.18. The molecule has 1 aromatic rings. The fourth-order valence-corrected chi connectivity index (χ4v) is 1.65. The summed E-state index contributed by atoms with van der Waals surface area (Å²) in [5.74, 6) is 1.49. The summed E-state index contributed by atoms with van der Waals surface area (Å²) in [5, 5.41) is 8.96. The minimum atomic E-state index is -0.258. The third-order valence-corrected chi connectivity index (χ3v) is 2.41. The molecule has 0 aliphatic heterocycles. The second kappa shape index (κ2) is 3.69. The molecule has 2 N–H and O–H groups in total. The van der Waals surface area contributed by atoms with Crippen LogP contribution in [0.5, 0.6) is 0 Å². The number of carbonyl (C=O) groups is 1. The normalized spacial score (nSPS) is 14.6. The van der Waals surface area contributed by atoms with Gasteiger partial charge < -0.3 is 9.84 Å². The van der Waals surface area contributed by atoms with Crippen LogP contribution in [0.3, 0.4) is 0 Å². The van der Waals surface area contributed by atoms with Crippen LogP contribution in [0, 0.1) is 0 Å². The van der Waals surface area contributed by atoms with Gasteiger partial charge in [-0.1, -0.05) is 5.16 Å². The zero-order valence-corrected chi connectivity index (χ0v) is 8.09. The first-order chi connectivity index (χ1) is 6.81. The van der Waals surface area contributed by atoms with Gasteiger partial charge in [0.05, 0.1) is 0 Å². The predicted molar refractivity (Wildman–Crippen MR) is 51.2 cm³/mol. The van der Waals surface area contributed by atoms with Crippen molar-refractivity contribution in [1.82, 2.24) is 10.5 Å². The van der Waals surface area contributed by atoms with E-state index in [4.69, 9.17) is 4.52 Å².